The number of amidine groups is 8. The van der Waals surface area contributed by atoms with Crippen molar-refractivity contribution in [3.63, 3.8) is 0 Å². The number of aromatic carboxylic acids is 4. The summed E-state index contributed by atoms with van der Waals surface area (Å²) < 4.78 is 24.9. The van der Waals surface area contributed by atoms with Crippen molar-refractivity contribution in [3.8, 4) is 46.0 Å². The molecule has 0 atom stereocenters. The van der Waals surface area contributed by atoms with E-state index in [1.807, 2.05) is 0 Å². The predicted octanol–water partition coefficient (Wildman–Crippen LogP) is 10.8. The standard InChI is InChI=1S/C60H32N8O12.Cu/c69-57(70)29-1-9-33(10-2-29)77-37-17-21-41-45(25-37)53-61-49(41)66-54-47-27-39(79-35-13-5-31(6-14-35)59(73)74)19-23-43(47)51(63-54)68-56-48-28-40(80-36-15-7-32(8-16-36)60(75)76)20-24-44(48)52(64-56)67-55-46-26-38(18-22-42(46)50(62-55)65-53)78-34-11-3-30(4-12-34)58(71)72;/h1-28H,(H,69,70)(H,71,72)(H,73,74)(H,75,76);. The van der Waals surface area contributed by atoms with E-state index in [4.69, 9.17) is 58.9 Å². The summed E-state index contributed by atoms with van der Waals surface area (Å²) >= 11 is 0. The van der Waals surface area contributed by atoms with Crippen molar-refractivity contribution in [1.82, 2.24) is 0 Å². The normalized spacial score (nSPS) is 13.8. The van der Waals surface area contributed by atoms with E-state index in [2.05, 4.69) is 0 Å². The Morgan fingerprint density at radius 3 is 0.568 bits per heavy atom. The first-order chi connectivity index (χ1) is 38.8. The summed E-state index contributed by atoms with van der Waals surface area (Å²) in [6.07, 6.45) is 0. The number of hydrogen-bond donors (Lipinski definition) is 4. The van der Waals surface area contributed by atoms with Gasteiger partial charge in [0.1, 0.15) is 46.0 Å². The molecule has 5 heterocycles. The first-order valence-electron chi connectivity index (χ1n) is 24.2. The van der Waals surface area contributed by atoms with Gasteiger partial charge in [0.25, 0.3) is 0 Å². The Bertz CT molecular complexity index is 3780. The van der Waals surface area contributed by atoms with Crippen LogP contribution in [0.1, 0.15) is 85.9 Å². The number of aliphatic imine (C=N–C) groups is 8. The van der Waals surface area contributed by atoms with Crippen LogP contribution in [-0.2, 0) is 17.1 Å². The van der Waals surface area contributed by atoms with Crippen LogP contribution in [0.4, 0.5) is 0 Å². The minimum absolute atomic E-state index is 0. The summed E-state index contributed by atoms with van der Waals surface area (Å²) in [6.45, 7) is 0. The van der Waals surface area contributed by atoms with Crippen LogP contribution < -0.4 is 18.9 Å². The van der Waals surface area contributed by atoms with Crippen LogP contribution in [0, 0.1) is 0 Å². The molecule has 0 amide bonds. The van der Waals surface area contributed by atoms with E-state index in [1.54, 1.807) is 121 Å². The number of benzene rings is 8. The summed E-state index contributed by atoms with van der Waals surface area (Å²) in [7, 11) is 0. The number of rotatable bonds is 12. The number of hydrogen-bond acceptors (Lipinski definition) is 16. The number of carbonyl (C=O) groups is 4. The first kappa shape index (κ1) is 50.5. The average Bonchev–Trinajstić information content (AvgIpc) is 4.38. The molecule has 0 aliphatic carbocycles. The Labute approximate surface area is 466 Å². The maximum Gasteiger partial charge on any atom is 0.335 e. The molecule has 0 spiro atoms. The van der Waals surface area contributed by atoms with Gasteiger partial charge in [-0.2, -0.15) is 0 Å². The molecule has 13 rings (SSSR count). The van der Waals surface area contributed by atoms with Crippen LogP contribution in [0.2, 0.25) is 0 Å². The molecule has 5 aliphatic rings. The molecule has 8 aromatic carbocycles. The number of carboxylic acids is 4. The summed E-state index contributed by atoms with van der Waals surface area (Å²) in [5.74, 6) is 0.330. The van der Waals surface area contributed by atoms with Crippen molar-refractivity contribution in [3.05, 3.63) is 237 Å². The molecule has 8 bridgehead atoms. The molecule has 20 nitrogen and oxygen atoms in total. The molecule has 395 valence electrons. The number of nitrogens with zero attached hydrogens (tertiary/aromatic N) is 8. The zero-order valence-electron chi connectivity index (χ0n) is 41.1. The number of fused-ring (bicyclic) bond motifs is 16. The fraction of sp³-hybridized carbons (Fsp3) is 0. The second-order valence-electron chi connectivity index (χ2n) is 18.0. The Morgan fingerprint density at radius 1 is 0.235 bits per heavy atom. The van der Waals surface area contributed by atoms with Crippen LogP contribution >= 0.6 is 0 Å². The molecular weight excluding hydrogens is 1090 g/mol. The van der Waals surface area contributed by atoms with Crippen molar-refractivity contribution in [2.75, 3.05) is 0 Å². The summed E-state index contributed by atoms with van der Waals surface area (Å²) in [6, 6.07) is 44.8. The minimum atomic E-state index is -1.08. The molecule has 21 heteroatoms. The Hall–Kier alpha value is -11.3. The van der Waals surface area contributed by atoms with Crippen molar-refractivity contribution in [2.24, 2.45) is 39.9 Å². The third kappa shape index (κ3) is 9.80. The monoisotopic (exact) mass is 1120 g/mol. The van der Waals surface area contributed by atoms with Gasteiger partial charge in [0.15, 0.2) is 46.7 Å². The molecule has 0 unspecified atom stereocenters. The predicted molar refractivity (Wildman–Crippen MR) is 292 cm³/mol. The topological polar surface area (TPSA) is 285 Å². The van der Waals surface area contributed by atoms with Gasteiger partial charge in [-0.05, 0) is 170 Å². The van der Waals surface area contributed by atoms with E-state index in [-0.39, 0.29) is 86.0 Å². The molecule has 0 aromatic heterocycles. The fourth-order valence-corrected chi connectivity index (χ4v) is 9.04. The zero-order valence-corrected chi connectivity index (χ0v) is 42.0. The molecule has 81 heavy (non-hydrogen) atoms. The van der Waals surface area contributed by atoms with Gasteiger partial charge in [-0.1, -0.05) is 0 Å². The quantitative estimate of drug-likeness (QED) is 0.0831. The van der Waals surface area contributed by atoms with E-state index in [9.17, 15) is 39.6 Å². The largest absolute Gasteiger partial charge is 0.478 e. The van der Waals surface area contributed by atoms with Crippen LogP contribution in [0.3, 0.4) is 0 Å². The third-order valence-corrected chi connectivity index (χ3v) is 12.9. The van der Waals surface area contributed by atoms with Crippen molar-refractivity contribution >= 4 is 70.6 Å². The minimum Gasteiger partial charge on any atom is -0.478 e. The fourth-order valence-electron chi connectivity index (χ4n) is 9.04. The Morgan fingerprint density at radius 2 is 0.395 bits per heavy atom. The maximum atomic E-state index is 11.6. The second kappa shape index (κ2) is 20.3. The Kier molecular flexibility index (Phi) is 12.6. The molecular formula is C60H32CuN8O12. The van der Waals surface area contributed by atoms with Gasteiger partial charge in [0.2, 0.25) is 0 Å². The van der Waals surface area contributed by atoms with Crippen molar-refractivity contribution in [1.29, 1.82) is 0 Å². The molecule has 0 saturated heterocycles. The first-order valence-corrected chi connectivity index (χ1v) is 24.2. The molecule has 1 radical (unpaired) electrons. The van der Waals surface area contributed by atoms with Crippen LogP contribution in [-0.4, -0.2) is 91.0 Å². The molecule has 0 saturated carbocycles. The van der Waals surface area contributed by atoms with Gasteiger partial charge in [0, 0.05) is 61.6 Å². The summed E-state index contributed by atoms with van der Waals surface area (Å²) in [5.41, 5.74) is 4.57. The van der Waals surface area contributed by atoms with E-state index in [0.29, 0.717) is 90.5 Å². The van der Waals surface area contributed by atoms with Gasteiger partial charge >= 0.3 is 23.9 Å². The van der Waals surface area contributed by atoms with E-state index >= 15 is 0 Å². The van der Waals surface area contributed by atoms with Gasteiger partial charge in [-0.15, -0.1) is 0 Å². The second-order valence-corrected chi connectivity index (χ2v) is 18.0. The van der Waals surface area contributed by atoms with Gasteiger partial charge in [-0.25, -0.2) is 59.1 Å². The molecule has 8 aromatic rings. The number of ether oxygens (including phenoxy) is 4. The van der Waals surface area contributed by atoms with Crippen LogP contribution in [0.15, 0.2) is 210 Å². The Balaban J connectivity index is 0.00000651. The maximum absolute atomic E-state index is 11.6. The van der Waals surface area contributed by atoms with E-state index in [1.165, 1.54) is 48.5 Å². The van der Waals surface area contributed by atoms with Crippen molar-refractivity contribution < 1.29 is 75.6 Å². The molecule has 4 N–H and O–H groups in total. The number of carboxylic acid groups (broad SMARTS) is 4. The third-order valence-electron chi connectivity index (χ3n) is 12.9. The smallest absolute Gasteiger partial charge is 0.335 e. The zero-order chi connectivity index (χ0) is 54.8. The van der Waals surface area contributed by atoms with Gasteiger partial charge in [-0.3, -0.25) is 0 Å². The van der Waals surface area contributed by atoms with Crippen molar-refractivity contribution in [2.45, 2.75) is 0 Å². The van der Waals surface area contributed by atoms with E-state index < -0.39 is 23.9 Å². The van der Waals surface area contributed by atoms with E-state index in [0.717, 1.165) is 0 Å². The molecule has 0 fully saturated rings. The average molecular weight is 1120 g/mol. The SMILES string of the molecule is O=C(O)c1ccc(Oc2ccc3c(c2)C2=NC3=NC3=NC(=NC4=NC(=NC5=NC(=N2)c2ccc(Oc6ccc(C(=O)O)cc6)cc25)c2ccc(Oc5ccc(C(=O)O)cc5)cc24)c2ccc(Oc4ccc(C(=O)O)cc4)cc23)cc1.[Cu]. The summed E-state index contributed by atoms with van der Waals surface area (Å²) in [5, 5.41) is 38.0. The van der Waals surface area contributed by atoms with Crippen LogP contribution in [0.5, 0.6) is 46.0 Å². The van der Waals surface area contributed by atoms with Crippen LogP contribution in [0.25, 0.3) is 0 Å². The molecule has 5 aliphatic heterocycles. The van der Waals surface area contributed by atoms with Gasteiger partial charge < -0.3 is 39.4 Å². The summed E-state index contributed by atoms with van der Waals surface area (Å²) in [4.78, 5) is 86.8. The van der Waals surface area contributed by atoms with Gasteiger partial charge in [0.05, 0.1) is 22.3 Å².